The maximum Gasteiger partial charge on any atom is 0.347 e. The van der Waals surface area contributed by atoms with E-state index < -0.39 is 34.5 Å². The summed E-state index contributed by atoms with van der Waals surface area (Å²) in [7, 11) is 0. The van der Waals surface area contributed by atoms with Crippen LogP contribution >= 0.6 is 0 Å². The Kier molecular flexibility index (Phi) is 22.1. The van der Waals surface area contributed by atoms with Gasteiger partial charge in [0, 0.05) is 24.9 Å². The number of cyclic esters (lactones) is 1. The highest BCUT2D eigenvalue weighted by atomic mass is 16.6. The van der Waals surface area contributed by atoms with Crippen LogP contribution in [0, 0.1) is 10.8 Å². The Hall–Kier alpha value is -3.36. The molecular formula is C40H72N2O7. The fraction of sp³-hybridized carbons (Fsp3) is 0.700. The van der Waals surface area contributed by atoms with Gasteiger partial charge in [0.2, 0.25) is 6.10 Å². The first-order valence-electron chi connectivity index (χ1n) is 16.1. The van der Waals surface area contributed by atoms with E-state index in [4.69, 9.17) is 14.2 Å². The van der Waals surface area contributed by atoms with Crippen LogP contribution in [0.5, 0.6) is 5.75 Å². The summed E-state index contributed by atoms with van der Waals surface area (Å²) in [5.41, 5.74) is -1.10. The predicted molar refractivity (Wildman–Crippen MR) is 202 cm³/mol. The second-order valence-corrected chi connectivity index (χ2v) is 13.8. The van der Waals surface area contributed by atoms with Crippen molar-refractivity contribution in [1.82, 2.24) is 9.55 Å². The third-order valence-corrected chi connectivity index (χ3v) is 9.20. The molecule has 0 bridgehead atoms. The largest absolute Gasteiger partial charge is 0.508 e. The molecule has 0 spiro atoms. The number of hydrogen-bond acceptors (Lipinski definition) is 8. The minimum Gasteiger partial charge on any atom is -0.508 e. The van der Waals surface area contributed by atoms with Gasteiger partial charge < -0.3 is 23.9 Å². The van der Waals surface area contributed by atoms with Crippen LogP contribution in [-0.2, 0) is 28.6 Å². The van der Waals surface area contributed by atoms with Crippen molar-refractivity contribution in [2.75, 3.05) is 6.61 Å². The van der Waals surface area contributed by atoms with Crippen molar-refractivity contribution in [1.29, 1.82) is 0 Å². The van der Waals surface area contributed by atoms with Crippen LogP contribution in [0.25, 0.3) is 0 Å². The standard InChI is InChI=1S/C35H52N2O7.5CH4/c1-8-27(37-22-21-36-24-37)16-20-35(7,32(41)44-33(3,4)5)19-15-26(25-10-12-28(38)13-11-25)14-18-34(6,9-2)31(40)43-29-17-23-42-30(29)39;;;;;/h10-13,21-22,24,26-27,29,38H,8-9,14-20,23H2,1-7H3;5*1H4. The van der Waals surface area contributed by atoms with Crippen molar-refractivity contribution in [3.8, 4) is 5.75 Å². The maximum absolute atomic E-state index is 13.7. The molecule has 9 nitrogen and oxygen atoms in total. The Bertz CT molecular complexity index is 1220. The fourth-order valence-corrected chi connectivity index (χ4v) is 5.75. The van der Waals surface area contributed by atoms with Crippen molar-refractivity contribution in [2.45, 2.75) is 167 Å². The molecule has 3 rings (SSSR count). The number of ether oxygens (including phenoxy) is 3. The lowest BCUT2D eigenvalue weighted by Crippen LogP contribution is -2.37. The Morgan fingerprint density at radius 1 is 0.918 bits per heavy atom. The predicted octanol–water partition coefficient (Wildman–Crippen LogP) is 10.5. The van der Waals surface area contributed by atoms with E-state index in [1.54, 1.807) is 18.3 Å². The molecule has 1 fully saturated rings. The highest BCUT2D eigenvalue weighted by Gasteiger charge is 2.40. The fourth-order valence-electron chi connectivity index (χ4n) is 5.75. The molecule has 1 aromatic carbocycles. The number of aromatic nitrogens is 2. The van der Waals surface area contributed by atoms with E-state index in [9.17, 15) is 19.5 Å². The van der Waals surface area contributed by atoms with Crippen LogP contribution in [0.15, 0.2) is 43.0 Å². The SMILES string of the molecule is C.C.C.C.C.CCC(CCC(C)(CCC(CCC(C)(CC)C(=O)OC1CCOC1=O)c1ccc(O)cc1)C(=O)OC(C)(C)C)n1ccnc1. The smallest absolute Gasteiger partial charge is 0.347 e. The first-order chi connectivity index (χ1) is 20.7. The molecule has 1 saturated heterocycles. The van der Waals surface area contributed by atoms with Crippen LogP contribution < -0.4 is 0 Å². The van der Waals surface area contributed by atoms with E-state index in [2.05, 4.69) is 16.5 Å². The van der Waals surface area contributed by atoms with Crippen molar-refractivity contribution >= 4 is 17.9 Å². The number of esters is 3. The third kappa shape index (κ3) is 14.2. The van der Waals surface area contributed by atoms with Gasteiger partial charge in [0.15, 0.2) is 0 Å². The Morgan fingerprint density at radius 2 is 1.49 bits per heavy atom. The van der Waals surface area contributed by atoms with Gasteiger partial charge >= 0.3 is 17.9 Å². The summed E-state index contributed by atoms with van der Waals surface area (Å²) in [4.78, 5) is 43.2. The van der Waals surface area contributed by atoms with E-state index in [0.29, 0.717) is 44.9 Å². The maximum atomic E-state index is 13.7. The van der Waals surface area contributed by atoms with E-state index in [0.717, 1.165) is 18.4 Å². The number of imidazole rings is 1. The summed E-state index contributed by atoms with van der Waals surface area (Å²) < 4.78 is 18.6. The van der Waals surface area contributed by atoms with Crippen molar-refractivity contribution in [3.05, 3.63) is 48.5 Å². The lowest BCUT2D eigenvalue weighted by molar-refractivity contribution is -0.168. The summed E-state index contributed by atoms with van der Waals surface area (Å²) in [6, 6.07) is 7.39. The summed E-state index contributed by atoms with van der Waals surface area (Å²) in [5, 5.41) is 9.96. The van der Waals surface area contributed by atoms with Crippen LogP contribution in [0.2, 0.25) is 0 Å². The number of carbonyl (C=O) groups is 3. The van der Waals surface area contributed by atoms with Gasteiger partial charge in [-0.1, -0.05) is 63.1 Å². The quantitative estimate of drug-likeness (QED) is 0.136. The summed E-state index contributed by atoms with van der Waals surface area (Å²) in [5.74, 6) is -0.888. The number of carbonyl (C=O) groups excluding carboxylic acids is 3. The average molecular weight is 693 g/mol. The number of nitrogens with zero attached hydrogens (tertiary/aromatic N) is 2. The van der Waals surface area contributed by atoms with E-state index in [1.807, 2.05) is 66.2 Å². The van der Waals surface area contributed by atoms with Gasteiger partial charge in [-0.3, -0.25) is 9.59 Å². The first-order valence-corrected chi connectivity index (χ1v) is 16.1. The number of rotatable bonds is 16. The molecule has 0 saturated carbocycles. The average Bonchev–Trinajstić information content (AvgIpc) is 3.65. The molecule has 284 valence electrons. The van der Waals surface area contributed by atoms with Crippen molar-refractivity contribution in [2.24, 2.45) is 10.8 Å². The van der Waals surface area contributed by atoms with Crippen molar-refractivity contribution in [3.63, 3.8) is 0 Å². The molecule has 1 N–H and O–H groups in total. The second-order valence-electron chi connectivity index (χ2n) is 13.8. The van der Waals surface area contributed by atoms with Gasteiger partial charge in [-0.15, -0.1) is 0 Å². The third-order valence-electron chi connectivity index (χ3n) is 9.20. The number of phenolic OH excluding ortho intramolecular Hbond substituents is 1. The Morgan fingerprint density at radius 3 is 1.96 bits per heavy atom. The molecule has 49 heavy (non-hydrogen) atoms. The number of phenols is 1. The molecule has 5 atom stereocenters. The molecule has 5 unspecified atom stereocenters. The van der Waals surface area contributed by atoms with Crippen LogP contribution in [0.3, 0.4) is 0 Å². The molecule has 1 aliphatic rings. The number of benzene rings is 1. The molecule has 1 aromatic heterocycles. The molecule has 0 radical (unpaired) electrons. The highest BCUT2D eigenvalue weighted by Crippen LogP contribution is 2.41. The normalized spacial score (nSPS) is 17.4. The molecule has 0 amide bonds. The minimum atomic E-state index is -0.843. The second kappa shape index (κ2) is 21.7. The van der Waals surface area contributed by atoms with Gasteiger partial charge in [0.25, 0.3) is 0 Å². The van der Waals surface area contributed by atoms with Gasteiger partial charge in [-0.25, -0.2) is 9.78 Å². The minimum absolute atomic E-state index is 0. The topological polar surface area (TPSA) is 117 Å². The molecule has 9 heteroatoms. The molecule has 0 aliphatic carbocycles. The van der Waals surface area contributed by atoms with Crippen molar-refractivity contribution < 1.29 is 33.7 Å². The van der Waals surface area contributed by atoms with Gasteiger partial charge in [0.05, 0.1) is 23.8 Å². The Labute approximate surface area is 299 Å². The van der Waals surface area contributed by atoms with Gasteiger partial charge in [-0.2, -0.15) is 0 Å². The highest BCUT2D eigenvalue weighted by molar-refractivity contribution is 5.83. The lowest BCUT2D eigenvalue weighted by atomic mass is 9.74. The molecule has 1 aliphatic heterocycles. The van der Waals surface area contributed by atoms with Gasteiger partial charge in [-0.05, 0) is 110 Å². The zero-order valence-electron chi connectivity index (χ0n) is 27.6. The summed E-state index contributed by atoms with van der Waals surface area (Å²) in [6.45, 7) is 13.9. The number of hydrogen-bond donors (Lipinski definition) is 1. The van der Waals surface area contributed by atoms with E-state index in [-0.39, 0.29) is 67.4 Å². The first kappa shape index (κ1) is 50.0. The van der Waals surface area contributed by atoms with Gasteiger partial charge in [0.1, 0.15) is 11.4 Å². The number of aromatic hydroxyl groups is 1. The van der Waals surface area contributed by atoms with Crippen LogP contribution in [-0.4, -0.2) is 50.9 Å². The zero-order chi connectivity index (χ0) is 32.5. The molecule has 2 aromatic rings. The molecule has 2 heterocycles. The van der Waals surface area contributed by atoms with E-state index >= 15 is 0 Å². The lowest BCUT2D eigenvalue weighted by Gasteiger charge is -2.34. The van der Waals surface area contributed by atoms with E-state index in [1.165, 1.54) is 0 Å². The Balaban J connectivity index is -0.00000423. The summed E-state index contributed by atoms with van der Waals surface area (Å²) >= 11 is 0. The van der Waals surface area contributed by atoms with Crippen LogP contribution in [0.1, 0.15) is 161 Å². The monoisotopic (exact) mass is 693 g/mol. The van der Waals surface area contributed by atoms with Crippen LogP contribution in [0.4, 0.5) is 0 Å². The molecular weight excluding hydrogens is 620 g/mol. The zero-order valence-corrected chi connectivity index (χ0v) is 27.6. The summed E-state index contributed by atoms with van der Waals surface area (Å²) in [6.07, 6.45) is 10.5.